The van der Waals surface area contributed by atoms with Gasteiger partial charge in [0, 0.05) is 22.3 Å². The van der Waals surface area contributed by atoms with E-state index in [0.29, 0.717) is 6.54 Å². The van der Waals surface area contributed by atoms with Gasteiger partial charge in [0.25, 0.3) is 0 Å². The molecule has 2 aromatic rings. The second-order valence-electron chi connectivity index (χ2n) is 4.67. The monoisotopic (exact) mass is 293 g/mol. The number of hydrogen-bond donors (Lipinski definition) is 2. The van der Waals surface area contributed by atoms with Gasteiger partial charge in [0.1, 0.15) is 5.82 Å². The van der Waals surface area contributed by atoms with E-state index in [4.69, 9.17) is 5.11 Å². The molecule has 0 saturated heterocycles. The zero-order valence-electron chi connectivity index (χ0n) is 11.3. The molecule has 1 unspecified atom stereocenters. The van der Waals surface area contributed by atoms with Crippen LogP contribution in [0, 0.1) is 12.7 Å². The lowest BCUT2D eigenvalue weighted by atomic mass is 10.1. The second kappa shape index (κ2) is 6.15. The van der Waals surface area contributed by atoms with E-state index in [9.17, 15) is 9.18 Å². The number of halogens is 1. The Labute approximate surface area is 121 Å². The molecule has 5 heteroatoms. The van der Waals surface area contributed by atoms with Crippen molar-refractivity contribution >= 4 is 17.3 Å². The lowest BCUT2D eigenvalue weighted by Crippen LogP contribution is -2.17. The number of carboxylic acid groups (broad SMARTS) is 1. The average molecular weight is 293 g/mol. The van der Waals surface area contributed by atoms with Crippen LogP contribution in [0.15, 0.2) is 30.3 Å². The molecule has 1 aromatic heterocycles. The van der Waals surface area contributed by atoms with Gasteiger partial charge in [0.2, 0.25) is 0 Å². The maximum atomic E-state index is 13.5. The Hall–Kier alpha value is -1.72. The minimum Gasteiger partial charge on any atom is -0.478 e. The van der Waals surface area contributed by atoms with Gasteiger partial charge in [0.15, 0.2) is 0 Å². The van der Waals surface area contributed by atoms with Crippen LogP contribution < -0.4 is 5.32 Å². The lowest BCUT2D eigenvalue weighted by Gasteiger charge is -2.12. The number of benzene rings is 1. The van der Waals surface area contributed by atoms with Crippen LogP contribution >= 0.6 is 11.3 Å². The summed E-state index contributed by atoms with van der Waals surface area (Å²) in [5.74, 6) is -1.94. The van der Waals surface area contributed by atoms with E-state index in [0.717, 1.165) is 5.56 Å². The highest BCUT2D eigenvalue weighted by Crippen LogP contribution is 2.22. The smallest absolute Gasteiger partial charge is 0.338 e. The maximum Gasteiger partial charge on any atom is 0.338 e. The zero-order chi connectivity index (χ0) is 14.7. The van der Waals surface area contributed by atoms with Gasteiger partial charge in [-0.1, -0.05) is 6.07 Å². The predicted molar refractivity (Wildman–Crippen MR) is 77.7 cm³/mol. The molecule has 0 fully saturated rings. The number of thiophene rings is 1. The summed E-state index contributed by atoms with van der Waals surface area (Å²) in [6.45, 7) is 4.60. The molecule has 3 nitrogen and oxygen atoms in total. The third kappa shape index (κ3) is 3.43. The maximum absolute atomic E-state index is 13.5. The van der Waals surface area contributed by atoms with E-state index in [1.165, 1.54) is 21.9 Å². The van der Waals surface area contributed by atoms with Crippen molar-refractivity contribution in [2.24, 2.45) is 0 Å². The van der Waals surface area contributed by atoms with Crippen molar-refractivity contribution in [3.63, 3.8) is 0 Å². The Balaban J connectivity index is 2.00. The molecular formula is C15H16FNO2S. The summed E-state index contributed by atoms with van der Waals surface area (Å²) in [6.07, 6.45) is 0. The van der Waals surface area contributed by atoms with E-state index in [1.807, 2.05) is 6.92 Å². The van der Waals surface area contributed by atoms with Crippen molar-refractivity contribution in [2.75, 3.05) is 0 Å². The van der Waals surface area contributed by atoms with Crippen molar-refractivity contribution < 1.29 is 14.3 Å². The van der Waals surface area contributed by atoms with Crippen molar-refractivity contribution in [3.8, 4) is 0 Å². The topological polar surface area (TPSA) is 49.3 Å². The summed E-state index contributed by atoms with van der Waals surface area (Å²) in [5.41, 5.74) is 0.434. The number of rotatable bonds is 5. The molecule has 106 valence electrons. The first-order valence-corrected chi connectivity index (χ1v) is 7.10. The van der Waals surface area contributed by atoms with Gasteiger partial charge in [0.05, 0.1) is 5.56 Å². The third-order valence-corrected chi connectivity index (χ3v) is 4.25. The fourth-order valence-electron chi connectivity index (χ4n) is 1.90. The number of hydrogen-bond acceptors (Lipinski definition) is 3. The van der Waals surface area contributed by atoms with Crippen LogP contribution in [0.3, 0.4) is 0 Å². The van der Waals surface area contributed by atoms with Crippen LogP contribution in [0.4, 0.5) is 4.39 Å². The summed E-state index contributed by atoms with van der Waals surface area (Å²) in [6, 6.07) is 8.52. The van der Waals surface area contributed by atoms with Crippen molar-refractivity contribution in [3.05, 3.63) is 57.0 Å². The molecule has 1 aromatic carbocycles. The van der Waals surface area contributed by atoms with Gasteiger partial charge >= 0.3 is 5.97 Å². The number of nitrogens with one attached hydrogen (secondary N) is 1. The van der Waals surface area contributed by atoms with E-state index < -0.39 is 11.8 Å². The first kappa shape index (κ1) is 14.7. The fraction of sp³-hybridized carbons (Fsp3) is 0.267. The van der Waals surface area contributed by atoms with Crippen LogP contribution in [0.2, 0.25) is 0 Å². The standard InChI is InChI=1S/C15H16FNO2S/c1-9-3-6-14(20-9)10(2)17-8-11-4-5-12(15(18)19)13(16)7-11/h3-7,10,17H,8H2,1-2H3,(H,18,19). The highest BCUT2D eigenvalue weighted by atomic mass is 32.1. The Bertz CT molecular complexity index is 624. The van der Waals surface area contributed by atoms with Crippen LogP contribution in [-0.4, -0.2) is 11.1 Å². The summed E-state index contributed by atoms with van der Waals surface area (Å²) in [4.78, 5) is 13.2. The number of carboxylic acids is 1. The Morgan fingerprint density at radius 1 is 1.40 bits per heavy atom. The highest BCUT2D eigenvalue weighted by Gasteiger charge is 2.11. The highest BCUT2D eigenvalue weighted by molar-refractivity contribution is 7.12. The minimum atomic E-state index is -1.25. The summed E-state index contributed by atoms with van der Waals surface area (Å²) in [7, 11) is 0. The quantitative estimate of drug-likeness (QED) is 0.882. The van der Waals surface area contributed by atoms with E-state index in [1.54, 1.807) is 17.4 Å². The lowest BCUT2D eigenvalue weighted by molar-refractivity contribution is 0.0692. The average Bonchev–Trinajstić information content (AvgIpc) is 2.82. The van der Waals surface area contributed by atoms with E-state index in [-0.39, 0.29) is 11.6 Å². The number of aryl methyl sites for hydroxylation is 1. The fourth-order valence-corrected chi connectivity index (χ4v) is 2.80. The SMILES string of the molecule is Cc1ccc(C(C)NCc2ccc(C(=O)O)c(F)c2)s1. The van der Waals surface area contributed by atoms with Gasteiger partial charge < -0.3 is 10.4 Å². The molecule has 0 saturated carbocycles. The van der Waals surface area contributed by atoms with Crippen LogP contribution in [-0.2, 0) is 6.54 Å². The third-order valence-electron chi connectivity index (χ3n) is 3.06. The van der Waals surface area contributed by atoms with Gasteiger partial charge in [-0.25, -0.2) is 9.18 Å². The van der Waals surface area contributed by atoms with Gasteiger partial charge in [-0.05, 0) is 43.7 Å². The molecular weight excluding hydrogens is 277 g/mol. The van der Waals surface area contributed by atoms with Crippen LogP contribution in [0.1, 0.15) is 38.6 Å². The first-order chi connectivity index (χ1) is 9.47. The van der Waals surface area contributed by atoms with E-state index >= 15 is 0 Å². The molecule has 2 rings (SSSR count). The predicted octanol–water partition coefficient (Wildman–Crippen LogP) is 3.74. The first-order valence-electron chi connectivity index (χ1n) is 6.29. The van der Waals surface area contributed by atoms with E-state index in [2.05, 4.69) is 24.4 Å². The Kier molecular flexibility index (Phi) is 4.52. The summed E-state index contributed by atoms with van der Waals surface area (Å²) >= 11 is 1.73. The Morgan fingerprint density at radius 3 is 2.70 bits per heavy atom. The van der Waals surface area contributed by atoms with Gasteiger partial charge in [-0.15, -0.1) is 11.3 Å². The Morgan fingerprint density at radius 2 is 2.15 bits per heavy atom. The van der Waals surface area contributed by atoms with Crippen molar-refractivity contribution in [1.29, 1.82) is 0 Å². The molecule has 0 aliphatic carbocycles. The van der Waals surface area contributed by atoms with Gasteiger partial charge in [-0.2, -0.15) is 0 Å². The summed E-state index contributed by atoms with van der Waals surface area (Å²) in [5, 5.41) is 12.1. The van der Waals surface area contributed by atoms with Crippen LogP contribution in [0.25, 0.3) is 0 Å². The largest absolute Gasteiger partial charge is 0.478 e. The number of aromatic carboxylic acids is 1. The molecule has 1 heterocycles. The van der Waals surface area contributed by atoms with Gasteiger partial charge in [-0.3, -0.25) is 0 Å². The zero-order valence-corrected chi connectivity index (χ0v) is 12.1. The summed E-state index contributed by atoms with van der Waals surface area (Å²) < 4.78 is 13.5. The number of carbonyl (C=O) groups is 1. The molecule has 1 atom stereocenters. The second-order valence-corrected chi connectivity index (χ2v) is 5.99. The molecule has 0 spiro atoms. The molecule has 0 radical (unpaired) electrons. The van der Waals surface area contributed by atoms with Crippen LogP contribution in [0.5, 0.6) is 0 Å². The molecule has 2 N–H and O–H groups in total. The molecule has 0 bridgehead atoms. The molecule has 0 aliphatic heterocycles. The molecule has 0 aliphatic rings. The van der Waals surface area contributed by atoms with Crippen molar-refractivity contribution in [1.82, 2.24) is 5.32 Å². The van der Waals surface area contributed by atoms with Crippen molar-refractivity contribution in [2.45, 2.75) is 26.4 Å². The molecule has 0 amide bonds. The normalized spacial score (nSPS) is 12.3. The minimum absolute atomic E-state index is 0.177. The molecule has 20 heavy (non-hydrogen) atoms.